The highest BCUT2D eigenvalue weighted by Crippen LogP contribution is 2.18. The molecule has 0 saturated heterocycles. The standard InChI is InChI=1S/C23H28N6O2/c1-6-27(14-17-13-26(5)24-16(17)4)22(30)18-11-21-23(31)28(12-15(2)3)19-9-7-8-10-20(19)29(21)25-18/h7-11,13,15H,6,12,14H2,1-5H3. The maximum atomic E-state index is 13.3. The van der Waals surface area contributed by atoms with Gasteiger partial charge in [0.2, 0.25) is 0 Å². The second-order valence-electron chi connectivity index (χ2n) is 8.36. The van der Waals surface area contributed by atoms with E-state index in [-0.39, 0.29) is 17.2 Å². The summed E-state index contributed by atoms with van der Waals surface area (Å²) in [5.41, 5.74) is 4.06. The topological polar surface area (TPSA) is 77.4 Å². The van der Waals surface area contributed by atoms with E-state index in [0.717, 1.165) is 22.3 Å². The van der Waals surface area contributed by atoms with E-state index < -0.39 is 0 Å². The van der Waals surface area contributed by atoms with Gasteiger partial charge >= 0.3 is 0 Å². The number of para-hydroxylation sites is 2. The maximum absolute atomic E-state index is 13.3. The van der Waals surface area contributed by atoms with Crippen LogP contribution in [0.25, 0.3) is 16.6 Å². The third-order valence-electron chi connectivity index (χ3n) is 5.49. The first-order chi connectivity index (χ1) is 14.8. The van der Waals surface area contributed by atoms with Crippen molar-refractivity contribution in [3.63, 3.8) is 0 Å². The first-order valence-corrected chi connectivity index (χ1v) is 10.6. The predicted octanol–water partition coefficient (Wildman–Crippen LogP) is 3.01. The summed E-state index contributed by atoms with van der Waals surface area (Å²) in [6.07, 6.45) is 1.92. The minimum absolute atomic E-state index is 0.134. The molecule has 0 aliphatic carbocycles. The van der Waals surface area contributed by atoms with Gasteiger partial charge < -0.3 is 9.47 Å². The molecule has 0 aliphatic rings. The first kappa shape index (κ1) is 20.8. The predicted molar refractivity (Wildman–Crippen MR) is 120 cm³/mol. The van der Waals surface area contributed by atoms with Gasteiger partial charge in [0.05, 0.1) is 16.7 Å². The van der Waals surface area contributed by atoms with E-state index in [4.69, 9.17) is 0 Å². The van der Waals surface area contributed by atoms with Gasteiger partial charge in [0.1, 0.15) is 5.52 Å². The quantitative estimate of drug-likeness (QED) is 0.480. The molecule has 3 aromatic heterocycles. The molecule has 0 unspecified atom stereocenters. The average molecular weight is 421 g/mol. The molecule has 1 aromatic carbocycles. The van der Waals surface area contributed by atoms with E-state index in [0.29, 0.717) is 31.1 Å². The number of hydrogen-bond acceptors (Lipinski definition) is 4. The molecule has 4 aromatic rings. The Balaban J connectivity index is 1.80. The molecule has 0 aliphatic heterocycles. The van der Waals surface area contributed by atoms with Gasteiger partial charge in [-0.25, -0.2) is 4.52 Å². The zero-order valence-corrected chi connectivity index (χ0v) is 18.7. The number of nitrogens with zero attached hydrogens (tertiary/aromatic N) is 6. The number of carbonyl (C=O) groups is 1. The highest BCUT2D eigenvalue weighted by molar-refractivity contribution is 5.94. The average Bonchev–Trinajstić information content (AvgIpc) is 3.32. The van der Waals surface area contributed by atoms with Crippen LogP contribution in [0, 0.1) is 12.8 Å². The maximum Gasteiger partial charge on any atom is 0.277 e. The molecule has 8 nitrogen and oxygen atoms in total. The summed E-state index contributed by atoms with van der Waals surface area (Å²) in [5.74, 6) is 0.110. The van der Waals surface area contributed by atoms with Crippen LogP contribution in [0.3, 0.4) is 0 Å². The highest BCUT2D eigenvalue weighted by atomic mass is 16.2. The van der Waals surface area contributed by atoms with Gasteiger partial charge in [0.25, 0.3) is 11.5 Å². The lowest BCUT2D eigenvalue weighted by molar-refractivity contribution is 0.0746. The van der Waals surface area contributed by atoms with Crippen molar-refractivity contribution in [1.29, 1.82) is 0 Å². The van der Waals surface area contributed by atoms with Crippen LogP contribution < -0.4 is 5.56 Å². The monoisotopic (exact) mass is 420 g/mol. The Morgan fingerprint density at radius 1 is 1.13 bits per heavy atom. The van der Waals surface area contributed by atoms with E-state index in [9.17, 15) is 9.59 Å². The summed E-state index contributed by atoms with van der Waals surface area (Å²) in [5, 5.41) is 8.91. The molecule has 0 atom stereocenters. The summed E-state index contributed by atoms with van der Waals surface area (Å²) < 4.78 is 5.13. The van der Waals surface area contributed by atoms with Crippen LogP contribution in [-0.4, -0.2) is 41.3 Å². The highest BCUT2D eigenvalue weighted by Gasteiger charge is 2.22. The molecule has 8 heteroatoms. The molecule has 3 heterocycles. The van der Waals surface area contributed by atoms with E-state index in [1.54, 1.807) is 24.7 Å². The van der Waals surface area contributed by atoms with Crippen LogP contribution >= 0.6 is 0 Å². The van der Waals surface area contributed by atoms with Crippen molar-refractivity contribution in [2.75, 3.05) is 6.54 Å². The number of carbonyl (C=O) groups excluding carboxylic acids is 1. The van der Waals surface area contributed by atoms with E-state index in [2.05, 4.69) is 24.0 Å². The lowest BCUT2D eigenvalue weighted by atomic mass is 10.2. The zero-order valence-electron chi connectivity index (χ0n) is 18.7. The summed E-state index contributed by atoms with van der Waals surface area (Å²) >= 11 is 0. The van der Waals surface area contributed by atoms with E-state index >= 15 is 0 Å². The minimum atomic E-state index is -0.201. The normalized spacial score (nSPS) is 11.7. The molecule has 162 valence electrons. The van der Waals surface area contributed by atoms with Gasteiger partial charge in [-0.05, 0) is 31.9 Å². The first-order valence-electron chi connectivity index (χ1n) is 10.6. The fourth-order valence-electron chi connectivity index (χ4n) is 3.99. The van der Waals surface area contributed by atoms with Crippen LogP contribution in [-0.2, 0) is 20.1 Å². The van der Waals surface area contributed by atoms with Crippen LogP contribution in [0.5, 0.6) is 0 Å². The largest absolute Gasteiger partial charge is 0.333 e. The van der Waals surface area contributed by atoms with E-state index in [1.165, 1.54) is 0 Å². The van der Waals surface area contributed by atoms with Crippen molar-refractivity contribution in [2.24, 2.45) is 13.0 Å². The molecule has 1 amide bonds. The lowest BCUT2D eigenvalue weighted by Gasteiger charge is -2.19. The molecule has 31 heavy (non-hydrogen) atoms. The molecule has 0 spiro atoms. The van der Waals surface area contributed by atoms with Crippen molar-refractivity contribution in [2.45, 2.75) is 40.8 Å². The van der Waals surface area contributed by atoms with Crippen LogP contribution in [0.1, 0.15) is 42.5 Å². The summed E-state index contributed by atoms with van der Waals surface area (Å²) in [6, 6.07) is 9.29. The third kappa shape index (κ3) is 3.73. The SMILES string of the molecule is CCN(Cc1cn(C)nc1C)C(=O)c1cc2c(=O)n(CC(C)C)c3ccccc3n2n1. The number of fused-ring (bicyclic) bond motifs is 3. The summed E-state index contributed by atoms with van der Waals surface area (Å²) in [7, 11) is 1.87. The molecule has 4 rings (SSSR count). The Hall–Kier alpha value is -3.42. The van der Waals surface area contributed by atoms with E-state index in [1.807, 2.05) is 51.4 Å². The molecule has 0 fully saturated rings. The number of benzene rings is 1. The van der Waals surface area contributed by atoms with Crippen LogP contribution in [0.2, 0.25) is 0 Å². The Labute approximate surface area is 180 Å². The Morgan fingerprint density at radius 2 is 1.84 bits per heavy atom. The molecule has 0 bridgehead atoms. The van der Waals surface area contributed by atoms with Crippen molar-refractivity contribution >= 4 is 22.5 Å². The molecule has 0 N–H and O–H groups in total. The fraction of sp³-hybridized carbons (Fsp3) is 0.391. The molecular formula is C23H28N6O2. The number of hydrogen-bond donors (Lipinski definition) is 0. The molecule has 0 radical (unpaired) electrons. The van der Waals surface area contributed by atoms with Gasteiger partial charge in [0, 0.05) is 44.5 Å². The van der Waals surface area contributed by atoms with Gasteiger partial charge in [-0.3, -0.25) is 14.3 Å². The number of amides is 1. The summed E-state index contributed by atoms with van der Waals surface area (Å²) in [4.78, 5) is 28.3. The Bertz CT molecular complexity index is 1330. The zero-order chi connectivity index (χ0) is 22.3. The second-order valence-corrected chi connectivity index (χ2v) is 8.36. The number of aromatic nitrogens is 5. The number of aryl methyl sites for hydroxylation is 2. The van der Waals surface area contributed by atoms with Crippen molar-refractivity contribution < 1.29 is 4.79 Å². The minimum Gasteiger partial charge on any atom is -0.333 e. The second kappa shape index (κ2) is 8.02. The Kier molecular flexibility index (Phi) is 5.39. The number of rotatable bonds is 6. The van der Waals surface area contributed by atoms with Crippen molar-refractivity contribution in [1.82, 2.24) is 28.9 Å². The van der Waals surface area contributed by atoms with Gasteiger partial charge in [0.15, 0.2) is 5.69 Å². The van der Waals surface area contributed by atoms with Gasteiger partial charge in [-0.1, -0.05) is 26.0 Å². The van der Waals surface area contributed by atoms with Gasteiger partial charge in [-0.2, -0.15) is 10.2 Å². The third-order valence-corrected chi connectivity index (χ3v) is 5.49. The van der Waals surface area contributed by atoms with Crippen molar-refractivity contribution in [3.05, 3.63) is 63.8 Å². The summed E-state index contributed by atoms with van der Waals surface area (Å²) in [6.45, 7) is 9.60. The lowest BCUT2D eigenvalue weighted by Crippen LogP contribution is -2.30. The Morgan fingerprint density at radius 3 is 2.45 bits per heavy atom. The molecular weight excluding hydrogens is 392 g/mol. The smallest absolute Gasteiger partial charge is 0.277 e. The fourth-order valence-corrected chi connectivity index (χ4v) is 3.99. The van der Waals surface area contributed by atoms with Crippen LogP contribution in [0.4, 0.5) is 0 Å². The van der Waals surface area contributed by atoms with Crippen molar-refractivity contribution in [3.8, 4) is 0 Å². The molecule has 0 saturated carbocycles. The van der Waals surface area contributed by atoms with Gasteiger partial charge in [-0.15, -0.1) is 0 Å². The van der Waals surface area contributed by atoms with Crippen LogP contribution in [0.15, 0.2) is 41.3 Å².